The summed E-state index contributed by atoms with van der Waals surface area (Å²) in [5, 5.41) is 7.43. The highest BCUT2D eigenvalue weighted by molar-refractivity contribution is 7.07. The molecule has 4 heteroatoms. The second kappa shape index (κ2) is 6.13. The first-order chi connectivity index (χ1) is 7.84. The molecule has 1 aliphatic rings. The number of nitrogens with zero attached hydrogens (tertiary/aromatic N) is 1. The van der Waals surface area contributed by atoms with Crippen molar-refractivity contribution >= 4 is 17.1 Å². The number of Topliss-reactive ketones (excluding diaryl/α,β-unsaturated/α-hetero) is 1. The number of rotatable bonds is 4. The second-order valence-electron chi connectivity index (χ2n) is 4.23. The molecule has 0 amide bonds. The van der Waals surface area contributed by atoms with Gasteiger partial charge in [0.2, 0.25) is 0 Å². The molecule has 1 fully saturated rings. The molecule has 1 aromatic rings. The number of ketones is 1. The quantitative estimate of drug-likeness (QED) is 0.854. The average molecular weight is 238 g/mol. The van der Waals surface area contributed by atoms with E-state index in [4.69, 9.17) is 0 Å². The Hall–Kier alpha value is -0.710. The van der Waals surface area contributed by atoms with Crippen LogP contribution in [0, 0.1) is 0 Å². The van der Waals surface area contributed by atoms with Gasteiger partial charge in [0.25, 0.3) is 0 Å². The third kappa shape index (κ3) is 3.70. The molecule has 0 bridgehead atoms. The van der Waals surface area contributed by atoms with Gasteiger partial charge in [-0.25, -0.2) is 0 Å². The zero-order valence-electron chi connectivity index (χ0n) is 9.45. The molecule has 0 aliphatic carbocycles. The molecule has 0 aromatic carbocycles. The lowest BCUT2D eigenvalue weighted by atomic mass is 10.1. The minimum atomic E-state index is 0.334. The van der Waals surface area contributed by atoms with Gasteiger partial charge >= 0.3 is 0 Å². The molecule has 1 aromatic heterocycles. The van der Waals surface area contributed by atoms with Crippen LogP contribution in [0.4, 0.5) is 0 Å². The van der Waals surface area contributed by atoms with Gasteiger partial charge in [-0.15, -0.1) is 0 Å². The highest BCUT2D eigenvalue weighted by atomic mass is 32.1. The van der Waals surface area contributed by atoms with Crippen LogP contribution in [0.15, 0.2) is 16.8 Å². The molecular formula is C12H18N2OS. The third-order valence-corrected chi connectivity index (χ3v) is 3.55. The molecule has 1 saturated heterocycles. The van der Waals surface area contributed by atoms with Gasteiger partial charge in [-0.2, -0.15) is 11.3 Å². The highest BCUT2D eigenvalue weighted by Crippen LogP contribution is 2.07. The Morgan fingerprint density at radius 2 is 2.38 bits per heavy atom. The number of hydrogen-bond acceptors (Lipinski definition) is 4. The number of carbonyl (C=O) groups excluding carboxylic acids is 1. The molecule has 2 heterocycles. The van der Waals surface area contributed by atoms with E-state index in [0.717, 1.165) is 38.2 Å². The van der Waals surface area contributed by atoms with Gasteiger partial charge in [-0.3, -0.25) is 9.69 Å². The van der Waals surface area contributed by atoms with Crippen molar-refractivity contribution in [2.45, 2.75) is 12.8 Å². The number of nitrogens with one attached hydrogen (secondary N) is 1. The molecule has 0 unspecified atom stereocenters. The van der Waals surface area contributed by atoms with E-state index in [-0.39, 0.29) is 0 Å². The molecule has 16 heavy (non-hydrogen) atoms. The summed E-state index contributed by atoms with van der Waals surface area (Å²) in [5.74, 6) is 0.334. The molecule has 1 aliphatic heterocycles. The van der Waals surface area contributed by atoms with Crippen LogP contribution in [-0.2, 0) is 11.2 Å². The van der Waals surface area contributed by atoms with Gasteiger partial charge in [-0.05, 0) is 41.9 Å². The van der Waals surface area contributed by atoms with Crippen LogP contribution in [0.5, 0.6) is 0 Å². The van der Waals surface area contributed by atoms with E-state index in [1.807, 2.05) is 11.4 Å². The predicted molar refractivity (Wildman–Crippen MR) is 67.0 cm³/mol. The zero-order chi connectivity index (χ0) is 11.2. The first-order valence-electron chi connectivity index (χ1n) is 5.80. The van der Waals surface area contributed by atoms with Crippen molar-refractivity contribution < 1.29 is 4.79 Å². The van der Waals surface area contributed by atoms with E-state index in [1.54, 1.807) is 11.3 Å². The maximum atomic E-state index is 11.8. The van der Waals surface area contributed by atoms with Gasteiger partial charge in [0.15, 0.2) is 5.78 Å². The van der Waals surface area contributed by atoms with Crippen LogP contribution < -0.4 is 5.32 Å². The Bertz CT molecular complexity index is 316. The fourth-order valence-electron chi connectivity index (χ4n) is 1.99. The van der Waals surface area contributed by atoms with Gasteiger partial charge in [-0.1, -0.05) is 0 Å². The number of thiophene rings is 1. The van der Waals surface area contributed by atoms with Crippen LogP contribution in [0.1, 0.15) is 12.0 Å². The summed E-state index contributed by atoms with van der Waals surface area (Å²) in [6.45, 7) is 4.73. The van der Waals surface area contributed by atoms with E-state index in [0.29, 0.717) is 18.7 Å². The maximum absolute atomic E-state index is 11.8. The van der Waals surface area contributed by atoms with E-state index in [9.17, 15) is 4.79 Å². The molecular weight excluding hydrogens is 220 g/mol. The van der Waals surface area contributed by atoms with Crippen molar-refractivity contribution in [1.29, 1.82) is 0 Å². The van der Waals surface area contributed by atoms with Crippen molar-refractivity contribution in [1.82, 2.24) is 10.2 Å². The third-order valence-electron chi connectivity index (χ3n) is 2.81. The minimum Gasteiger partial charge on any atom is -0.315 e. The van der Waals surface area contributed by atoms with Crippen LogP contribution in [-0.4, -0.2) is 43.4 Å². The van der Waals surface area contributed by atoms with Crippen LogP contribution in [0.2, 0.25) is 0 Å². The van der Waals surface area contributed by atoms with Crippen LogP contribution in [0.25, 0.3) is 0 Å². The van der Waals surface area contributed by atoms with Crippen LogP contribution in [0.3, 0.4) is 0 Å². The normalized spacial score (nSPS) is 18.2. The zero-order valence-corrected chi connectivity index (χ0v) is 10.3. The first-order valence-corrected chi connectivity index (χ1v) is 6.75. The lowest BCUT2D eigenvalue weighted by Gasteiger charge is -2.17. The Morgan fingerprint density at radius 3 is 3.19 bits per heavy atom. The Kier molecular flexibility index (Phi) is 4.51. The van der Waals surface area contributed by atoms with Gasteiger partial charge in [0.1, 0.15) is 0 Å². The SMILES string of the molecule is O=C(Cc1ccsc1)CN1CCCNCC1. The average Bonchev–Trinajstić information content (AvgIpc) is 2.62. The fourth-order valence-corrected chi connectivity index (χ4v) is 2.65. The summed E-state index contributed by atoms with van der Waals surface area (Å²) in [5.41, 5.74) is 1.16. The standard InChI is InChI=1S/C12H18N2OS/c15-12(8-11-2-7-16-10-11)9-14-5-1-3-13-4-6-14/h2,7,10,13H,1,3-6,8-9H2. The molecule has 2 rings (SSSR count). The largest absolute Gasteiger partial charge is 0.315 e. The van der Waals surface area contributed by atoms with E-state index < -0.39 is 0 Å². The maximum Gasteiger partial charge on any atom is 0.151 e. The van der Waals surface area contributed by atoms with Gasteiger partial charge in [0.05, 0.1) is 6.54 Å². The Balaban J connectivity index is 1.77. The van der Waals surface area contributed by atoms with Crippen molar-refractivity contribution in [2.24, 2.45) is 0 Å². The molecule has 88 valence electrons. The predicted octanol–water partition coefficient (Wildman–Crippen LogP) is 1.16. The van der Waals surface area contributed by atoms with E-state index in [1.165, 1.54) is 0 Å². The summed E-state index contributed by atoms with van der Waals surface area (Å²) >= 11 is 1.66. The molecule has 0 spiro atoms. The fraction of sp³-hybridized carbons (Fsp3) is 0.583. The second-order valence-corrected chi connectivity index (χ2v) is 5.01. The smallest absolute Gasteiger partial charge is 0.151 e. The number of hydrogen-bond donors (Lipinski definition) is 1. The molecule has 0 atom stereocenters. The summed E-state index contributed by atoms with van der Waals surface area (Å²) < 4.78 is 0. The van der Waals surface area contributed by atoms with Crippen molar-refractivity contribution in [3.63, 3.8) is 0 Å². The van der Waals surface area contributed by atoms with Gasteiger partial charge in [0, 0.05) is 19.5 Å². The Morgan fingerprint density at radius 1 is 1.44 bits per heavy atom. The molecule has 0 radical (unpaired) electrons. The van der Waals surface area contributed by atoms with Crippen molar-refractivity contribution in [3.8, 4) is 0 Å². The summed E-state index contributed by atoms with van der Waals surface area (Å²) in [6, 6.07) is 2.03. The minimum absolute atomic E-state index is 0.334. The molecule has 3 nitrogen and oxygen atoms in total. The lowest BCUT2D eigenvalue weighted by molar-refractivity contribution is -0.119. The van der Waals surface area contributed by atoms with Crippen molar-refractivity contribution in [2.75, 3.05) is 32.7 Å². The summed E-state index contributed by atoms with van der Waals surface area (Å²) in [7, 11) is 0. The highest BCUT2D eigenvalue weighted by Gasteiger charge is 2.12. The molecule has 1 N–H and O–H groups in total. The van der Waals surface area contributed by atoms with E-state index in [2.05, 4.69) is 15.6 Å². The van der Waals surface area contributed by atoms with Crippen LogP contribution >= 0.6 is 11.3 Å². The molecule has 0 saturated carbocycles. The first kappa shape index (κ1) is 11.8. The van der Waals surface area contributed by atoms with Gasteiger partial charge < -0.3 is 5.32 Å². The lowest BCUT2D eigenvalue weighted by Crippen LogP contribution is -2.33. The summed E-state index contributed by atoms with van der Waals surface area (Å²) in [6.07, 6.45) is 1.74. The topological polar surface area (TPSA) is 32.3 Å². The number of carbonyl (C=O) groups is 1. The van der Waals surface area contributed by atoms with Crippen molar-refractivity contribution in [3.05, 3.63) is 22.4 Å². The summed E-state index contributed by atoms with van der Waals surface area (Å²) in [4.78, 5) is 14.1. The monoisotopic (exact) mass is 238 g/mol. The van der Waals surface area contributed by atoms with E-state index >= 15 is 0 Å². The Labute approximate surface area is 100 Å².